The van der Waals surface area contributed by atoms with Gasteiger partial charge in [-0.2, -0.15) is 13.2 Å². The van der Waals surface area contributed by atoms with Gasteiger partial charge in [-0.3, -0.25) is 14.6 Å². The highest BCUT2D eigenvalue weighted by Gasteiger charge is 2.36. The minimum absolute atomic E-state index is 0.0570. The van der Waals surface area contributed by atoms with Crippen LogP contribution in [0.15, 0.2) is 60.9 Å². The number of carbonyl (C=O) groups is 2. The molecule has 1 amide bonds. The quantitative estimate of drug-likeness (QED) is 0.159. The number of alkyl halides is 3. The molecule has 0 saturated carbocycles. The number of imidazole rings is 1. The highest BCUT2D eigenvalue weighted by molar-refractivity contribution is 6.09. The molecule has 5 rings (SSSR count). The first kappa shape index (κ1) is 26.7. The topological polar surface area (TPSA) is 81.3 Å². The summed E-state index contributed by atoms with van der Waals surface area (Å²) in [6, 6.07) is 6.59. The predicted octanol–water partition coefficient (Wildman–Crippen LogP) is 6.24. The van der Waals surface area contributed by atoms with Crippen LogP contribution >= 0.6 is 0 Å². The van der Waals surface area contributed by atoms with Gasteiger partial charge in [-0.15, -0.1) is 0 Å². The Labute approximate surface area is 223 Å². The maximum Gasteiger partial charge on any atom is 0.417 e. The zero-order valence-electron chi connectivity index (χ0n) is 21.3. The smallest absolute Gasteiger partial charge is 0.331 e. The first-order valence-corrected chi connectivity index (χ1v) is 11.9. The Hall–Kier alpha value is -4.87. The van der Waals surface area contributed by atoms with Gasteiger partial charge in [0.1, 0.15) is 23.1 Å². The summed E-state index contributed by atoms with van der Waals surface area (Å²) in [5.74, 6) is -3.37. The van der Waals surface area contributed by atoms with Crippen LogP contribution in [0.2, 0.25) is 0 Å². The molecule has 0 bridgehead atoms. The number of fused-ring (bicyclic) bond motifs is 2. The minimum Gasteiger partial charge on any atom is -0.331 e. The number of halogens is 5. The third-order valence-electron chi connectivity index (χ3n) is 6.49. The minimum atomic E-state index is -4.72. The van der Waals surface area contributed by atoms with E-state index in [2.05, 4.69) is 15.3 Å². The second-order valence-corrected chi connectivity index (χ2v) is 8.99. The average Bonchev–Trinajstić information content (AvgIpc) is 3.45. The zero-order valence-corrected chi connectivity index (χ0v) is 21.3. The van der Waals surface area contributed by atoms with Crippen LogP contribution in [0.4, 0.5) is 27.6 Å². The summed E-state index contributed by atoms with van der Waals surface area (Å²) >= 11 is 0. The number of nitrogens with zero attached hydrogens (tertiary/aromatic N) is 4. The number of benzene rings is 2. The van der Waals surface area contributed by atoms with Crippen LogP contribution in [-0.4, -0.2) is 30.6 Å². The van der Waals surface area contributed by atoms with Crippen LogP contribution < -0.4 is 5.32 Å². The van der Waals surface area contributed by atoms with Crippen molar-refractivity contribution in [3.8, 4) is 11.3 Å². The monoisotopic (exact) mass is 553 g/mol. The Balaban J connectivity index is 1.62. The summed E-state index contributed by atoms with van der Waals surface area (Å²) in [6.45, 7) is 3.23. The van der Waals surface area contributed by atoms with E-state index in [1.165, 1.54) is 41.1 Å². The Bertz CT molecular complexity index is 1840. The van der Waals surface area contributed by atoms with E-state index in [1.807, 2.05) is 0 Å². The first-order valence-electron chi connectivity index (χ1n) is 11.9. The van der Waals surface area contributed by atoms with Crippen LogP contribution in [0.3, 0.4) is 0 Å². The molecule has 0 radical (unpaired) electrons. The third-order valence-corrected chi connectivity index (χ3v) is 6.49. The summed E-state index contributed by atoms with van der Waals surface area (Å²) in [4.78, 5) is 33.5. The maximum atomic E-state index is 14.7. The van der Waals surface area contributed by atoms with Gasteiger partial charge in [0.15, 0.2) is 0 Å². The molecule has 3 heterocycles. The number of carbonyl (C=O) groups excluding carboxylic acids is 2. The Morgan fingerprint density at radius 2 is 1.73 bits per heavy atom. The molecule has 40 heavy (non-hydrogen) atoms. The average molecular weight is 553 g/mol. The van der Waals surface area contributed by atoms with Crippen molar-refractivity contribution in [1.29, 1.82) is 0 Å². The lowest BCUT2D eigenvalue weighted by atomic mass is 10.0. The SMILES string of the molecule is CC=CC(=O)Nc1c(F)cc(C(=O)c2ccc3c(-c4cc5nc(C)n(C)c5cc4C(F)(F)F)nccn23)cc1F. The lowest BCUT2D eigenvalue weighted by Gasteiger charge is -2.14. The summed E-state index contributed by atoms with van der Waals surface area (Å²) in [5, 5.41) is 2.07. The van der Waals surface area contributed by atoms with Crippen LogP contribution in [0.25, 0.3) is 27.8 Å². The predicted molar refractivity (Wildman–Crippen MR) is 138 cm³/mol. The van der Waals surface area contributed by atoms with Crippen LogP contribution in [0.1, 0.15) is 34.4 Å². The molecular formula is C28H20F5N5O2. The van der Waals surface area contributed by atoms with Gasteiger partial charge in [-0.25, -0.2) is 13.8 Å². The fourth-order valence-corrected chi connectivity index (χ4v) is 4.51. The van der Waals surface area contributed by atoms with Crippen molar-refractivity contribution < 1.29 is 31.5 Å². The summed E-state index contributed by atoms with van der Waals surface area (Å²) in [7, 11) is 1.61. The van der Waals surface area contributed by atoms with Crippen molar-refractivity contribution in [3.05, 3.63) is 95.2 Å². The van der Waals surface area contributed by atoms with Crippen molar-refractivity contribution in [2.24, 2.45) is 7.05 Å². The van der Waals surface area contributed by atoms with Gasteiger partial charge in [0.2, 0.25) is 11.7 Å². The van der Waals surface area contributed by atoms with Crippen molar-refractivity contribution in [2.45, 2.75) is 20.0 Å². The Morgan fingerprint density at radius 3 is 2.38 bits per heavy atom. The molecule has 5 aromatic rings. The van der Waals surface area contributed by atoms with Crippen molar-refractivity contribution in [3.63, 3.8) is 0 Å². The molecule has 0 aliphatic carbocycles. The molecule has 1 N–H and O–H groups in total. The Kier molecular flexibility index (Phi) is 6.48. The van der Waals surface area contributed by atoms with Crippen LogP contribution in [-0.2, 0) is 18.0 Å². The number of amides is 1. The van der Waals surface area contributed by atoms with Crippen molar-refractivity contribution in [2.75, 3.05) is 5.32 Å². The molecule has 0 unspecified atom stereocenters. The van der Waals surface area contributed by atoms with E-state index in [-0.39, 0.29) is 28.0 Å². The van der Waals surface area contributed by atoms with E-state index < -0.39 is 40.8 Å². The molecule has 204 valence electrons. The van der Waals surface area contributed by atoms with E-state index in [0.29, 0.717) is 16.9 Å². The molecule has 0 aliphatic rings. The molecule has 7 nitrogen and oxygen atoms in total. The van der Waals surface area contributed by atoms with Gasteiger partial charge < -0.3 is 14.3 Å². The number of anilines is 1. The highest BCUT2D eigenvalue weighted by Crippen LogP contribution is 2.40. The molecule has 0 atom stereocenters. The molecule has 0 saturated heterocycles. The highest BCUT2D eigenvalue weighted by atomic mass is 19.4. The van der Waals surface area contributed by atoms with E-state index in [1.54, 1.807) is 25.5 Å². The second-order valence-electron chi connectivity index (χ2n) is 8.99. The fourth-order valence-electron chi connectivity index (χ4n) is 4.51. The van der Waals surface area contributed by atoms with Crippen LogP contribution in [0, 0.1) is 18.6 Å². The standard InChI is InChI=1S/C28H20F5N5O2/c1-4-5-24(39)36-26-18(29)10-15(11-19(26)30)27(40)22-7-6-21-25(34-8-9-38(21)22)16-12-20-23(37(3)14(2)35-20)13-17(16)28(31,32)33/h4-13H,1-3H3,(H,36,39). The number of allylic oxidation sites excluding steroid dienone is 1. The third kappa shape index (κ3) is 4.51. The van der Waals surface area contributed by atoms with E-state index in [0.717, 1.165) is 24.3 Å². The molecule has 0 spiro atoms. The molecule has 0 aliphatic heterocycles. The number of hydrogen-bond donors (Lipinski definition) is 1. The van der Waals surface area contributed by atoms with Gasteiger partial charge in [-0.1, -0.05) is 6.08 Å². The summed E-state index contributed by atoms with van der Waals surface area (Å²) in [5.41, 5.74) is -1.57. The number of nitrogens with one attached hydrogen (secondary N) is 1. The number of aromatic nitrogens is 4. The van der Waals surface area contributed by atoms with Crippen LogP contribution in [0.5, 0.6) is 0 Å². The van der Waals surface area contributed by atoms with E-state index >= 15 is 0 Å². The van der Waals surface area contributed by atoms with Crippen molar-refractivity contribution in [1.82, 2.24) is 18.9 Å². The summed E-state index contributed by atoms with van der Waals surface area (Å²) < 4.78 is 74.7. The largest absolute Gasteiger partial charge is 0.417 e. The molecule has 12 heteroatoms. The first-order chi connectivity index (χ1) is 18.9. The number of hydrogen-bond acceptors (Lipinski definition) is 4. The molecule has 0 fully saturated rings. The van der Waals surface area contributed by atoms with Gasteiger partial charge in [-0.05, 0) is 56.3 Å². The van der Waals surface area contributed by atoms with Gasteiger partial charge >= 0.3 is 6.18 Å². The summed E-state index contributed by atoms with van der Waals surface area (Å²) in [6.07, 6.45) is 0.334. The number of rotatable bonds is 5. The van der Waals surface area contributed by atoms with Crippen molar-refractivity contribution >= 4 is 33.9 Å². The second kappa shape index (κ2) is 9.70. The normalized spacial score (nSPS) is 12.1. The lowest BCUT2D eigenvalue weighted by Crippen LogP contribution is -2.13. The Morgan fingerprint density at radius 1 is 1.02 bits per heavy atom. The molecule has 2 aromatic carbocycles. The van der Waals surface area contributed by atoms with Gasteiger partial charge in [0, 0.05) is 30.6 Å². The van der Waals surface area contributed by atoms with E-state index in [4.69, 9.17) is 0 Å². The molecule has 3 aromatic heterocycles. The van der Waals surface area contributed by atoms with Gasteiger partial charge in [0.05, 0.1) is 33.5 Å². The van der Waals surface area contributed by atoms with Gasteiger partial charge in [0.25, 0.3) is 0 Å². The van der Waals surface area contributed by atoms with E-state index in [9.17, 15) is 31.5 Å². The zero-order chi connectivity index (χ0) is 28.9. The number of ketones is 1. The maximum absolute atomic E-state index is 14.7. The number of aryl methyl sites for hydroxylation is 2. The fraction of sp³-hybridized carbons (Fsp3) is 0.143. The molecular weight excluding hydrogens is 533 g/mol. The lowest BCUT2D eigenvalue weighted by molar-refractivity contribution is -0.137.